The van der Waals surface area contributed by atoms with E-state index in [1.165, 1.54) is 16.9 Å². The van der Waals surface area contributed by atoms with Gasteiger partial charge in [-0.3, -0.25) is 4.79 Å². The molecule has 5 heteroatoms. The van der Waals surface area contributed by atoms with E-state index in [-0.39, 0.29) is 18.4 Å². The molecule has 2 aromatic rings. The van der Waals surface area contributed by atoms with Gasteiger partial charge < -0.3 is 11.1 Å². The molecule has 1 aromatic carbocycles. The van der Waals surface area contributed by atoms with Crippen LogP contribution in [0, 0.1) is 6.92 Å². The highest BCUT2D eigenvalue weighted by atomic mass is 32.1. The second-order valence-corrected chi connectivity index (χ2v) is 5.44. The predicted octanol–water partition coefficient (Wildman–Crippen LogP) is 2.45. The normalized spacial score (nSPS) is 12.1. The van der Waals surface area contributed by atoms with Crippen LogP contribution in [-0.2, 0) is 11.2 Å². The minimum atomic E-state index is -0.0432. The van der Waals surface area contributed by atoms with Crippen LogP contribution < -0.4 is 11.1 Å². The van der Waals surface area contributed by atoms with Gasteiger partial charge in [-0.1, -0.05) is 29.8 Å². The molecule has 1 heterocycles. The lowest BCUT2D eigenvalue weighted by Crippen LogP contribution is -2.28. The van der Waals surface area contributed by atoms with E-state index in [0.717, 1.165) is 11.3 Å². The van der Waals surface area contributed by atoms with Crippen LogP contribution in [0.1, 0.15) is 29.8 Å². The van der Waals surface area contributed by atoms with Crippen LogP contribution in [-0.4, -0.2) is 10.9 Å². The number of nitrogens with zero attached hydrogens (tertiary/aromatic N) is 1. The molecule has 19 heavy (non-hydrogen) atoms. The van der Waals surface area contributed by atoms with E-state index in [1.807, 2.05) is 43.5 Å². The molecule has 1 aromatic heterocycles. The van der Waals surface area contributed by atoms with Crippen LogP contribution in [0.25, 0.3) is 0 Å². The number of anilines is 1. The van der Waals surface area contributed by atoms with Gasteiger partial charge in [0.25, 0.3) is 0 Å². The van der Waals surface area contributed by atoms with E-state index in [1.54, 1.807) is 0 Å². The Morgan fingerprint density at radius 1 is 1.42 bits per heavy atom. The highest BCUT2D eigenvalue weighted by Crippen LogP contribution is 2.14. The molecule has 0 bridgehead atoms. The molecule has 0 radical (unpaired) electrons. The summed E-state index contributed by atoms with van der Waals surface area (Å²) in [6.07, 6.45) is 0.268. The first kappa shape index (κ1) is 13.5. The van der Waals surface area contributed by atoms with Gasteiger partial charge in [0.05, 0.1) is 18.2 Å². The Bertz CT molecular complexity index is 562. The number of hydrogen-bond donors (Lipinski definition) is 2. The first-order chi connectivity index (χ1) is 9.04. The lowest BCUT2D eigenvalue weighted by atomic mass is 10.1. The fourth-order valence-electron chi connectivity index (χ4n) is 1.80. The molecule has 0 aliphatic rings. The van der Waals surface area contributed by atoms with Crippen molar-refractivity contribution in [2.45, 2.75) is 26.3 Å². The molecule has 4 nitrogen and oxygen atoms in total. The third-order valence-corrected chi connectivity index (χ3v) is 3.59. The molecule has 1 atom stereocenters. The average molecular weight is 275 g/mol. The van der Waals surface area contributed by atoms with Gasteiger partial charge in [-0.2, -0.15) is 0 Å². The quantitative estimate of drug-likeness (QED) is 0.900. The lowest BCUT2D eigenvalue weighted by molar-refractivity contribution is -0.121. The summed E-state index contributed by atoms with van der Waals surface area (Å²) in [5.41, 5.74) is 8.56. The van der Waals surface area contributed by atoms with Gasteiger partial charge >= 0.3 is 0 Å². The standard InChI is InChI=1S/C14H17N3OS/c1-9-3-5-11(6-4-9)10(2)16-13(18)7-12-8-19-14(15)17-12/h3-6,8,10H,7H2,1-2H3,(H2,15,17)(H,16,18)/t10-/m0/s1. The SMILES string of the molecule is Cc1ccc([C@H](C)NC(=O)Cc2csc(N)n2)cc1. The number of carbonyl (C=O) groups is 1. The van der Waals surface area contributed by atoms with Crippen LogP contribution in [0.15, 0.2) is 29.6 Å². The van der Waals surface area contributed by atoms with Crippen molar-refractivity contribution >= 4 is 22.4 Å². The van der Waals surface area contributed by atoms with Crippen molar-refractivity contribution in [3.05, 3.63) is 46.5 Å². The minimum Gasteiger partial charge on any atom is -0.375 e. The molecule has 0 spiro atoms. The van der Waals surface area contributed by atoms with Gasteiger partial charge in [-0.05, 0) is 19.4 Å². The highest BCUT2D eigenvalue weighted by molar-refractivity contribution is 7.13. The Balaban J connectivity index is 1.93. The molecule has 0 saturated heterocycles. The number of aryl methyl sites for hydroxylation is 1. The van der Waals surface area contributed by atoms with Gasteiger partial charge in [-0.15, -0.1) is 11.3 Å². The summed E-state index contributed by atoms with van der Waals surface area (Å²) in [5.74, 6) is -0.0432. The van der Waals surface area contributed by atoms with E-state index in [2.05, 4.69) is 10.3 Å². The Morgan fingerprint density at radius 2 is 2.11 bits per heavy atom. The molecule has 3 N–H and O–H groups in total. The van der Waals surface area contributed by atoms with Crippen molar-refractivity contribution in [3.63, 3.8) is 0 Å². The Morgan fingerprint density at radius 3 is 2.68 bits per heavy atom. The van der Waals surface area contributed by atoms with Crippen LogP contribution in [0.2, 0.25) is 0 Å². The number of benzene rings is 1. The number of nitrogens with two attached hydrogens (primary N) is 1. The molecule has 0 saturated carbocycles. The zero-order valence-corrected chi connectivity index (χ0v) is 11.8. The number of nitrogens with one attached hydrogen (secondary N) is 1. The molecule has 0 unspecified atom stereocenters. The summed E-state index contributed by atoms with van der Waals surface area (Å²) in [4.78, 5) is 16.0. The summed E-state index contributed by atoms with van der Waals surface area (Å²) in [7, 11) is 0. The summed E-state index contributed by atoms with van der Waals surface area (Å²) in [6, 6.07) is 8.13. The number of aromatic nitrogens is 1. The fourth-order valence-corrected chi connectivity index (χ4v) is 2.36. The summed E-state index contributed by atoms with van der Waals surface area (Å²) in [5, 5.41) is 5.26. The van der Waals surface area contributed by atoms with Crippen molar-refractivity contribution in [3.8, 4) is 0 Å². The second-order valence-electron chi connectivity index (χ2n) is 4.55. The first-order valence-electron chi connectivity index (χ1n) is 6.10. The van der Waals surface area contributed by atoms with Crippen molar-refractivity contribution in [1.82, 2.24) is 10.3 Å². The Hall–Kier alpha value is -1.88. The van der Waals surface area contributed by atoms with Crippen molar-refractivity contribution in [2.24, 2.45) is 0 Å². The zero-order valence-electron chi connectivity index (χ0n) is 11.0. The van der Waals surface area contributed by atoms with Gasteiger partial charge in [0, 0.05) is 5.38 Å². The summed E-state index contributed by atoms with van der Waals surface area (Å²) < 4.78 is 0. The smallest absolute Gasteiger partial charge is 0.226 e. The zero-order chi connectivity index (χ0) is 13.8. The third-order valence-electron chi connectivity index (χ3n) is 2.87. The van der Waals surface area contributed by atoms with Gasteiger partial charge in [0.2, 0.25) is 5.91 Å². The maximum Gasteiger partial charge on any atom is 0.226 e. The number of rotatable bonds is 4. The third kappa shape index (κ3) is 3.79. The molecule has 2 rings (SSSR count). The summed E-state index contributed by atoms with van der Waals surface area (Å²) >= 11 is 1.35. The van der Waals surface area contributed by atoms with Crippen molar-refractivity contribution < 1.29 is 4.79 Å². The summed E-state index contributed by atoms with van der Waals surface area (Å²) in [6.45, 7) is 4.01. The molecular weight excluding hydrogens is 258 g/mol. The molecule has 0 aliphatic heterocycles. The monoisotopic (exact) mass is 275 g/mol. The molecule has 1 amide bonds. The maximum absolute atomic E-state index is 11.9. The van der Waals surface area contributed by atoms with Gasteiger partial charge in [-0.25, -0.2) is 4.98 Å². The number of hydrogen-bond acceptors (Lipinski definition) is 4. The van der Waals surface area contributed by atoms with E-state index in [4.69, 9.17) is 5.73 Å². The molecule has 0 aliphatic carbocycles. The second kappa shape index (κ2) is 5.84. The first-order valence-corrected chi connectivity index (χ1v) is 6.98. The van der Waals surface area contributed by atoms with E-state index in [0.29, 0.717) is 5.13 Å². The number of carbonyl (C=O) groups excluding carboxylic acids is 1. The van der Waals surface area contributed by atoms with Crippen molar-refractivity contribution in [1.29, 1.82) is 0 Å². The van der Waals surface area contributed by atoms with Crippen molar-refractivity contribution in [2.75, 3.05) is 5.73 Å². The Labute approximate surface area is 116 Å². The topological polar surface area (TPSA) is 68.0 Å². The lowest BCUT2D eigenvalue weighted by Gasteiger charge is -2.14. The average Bonchev–Trinajstić information content (AvgIpc) is 2.75. The largest absolute Gasteiger partial charge is 0.375 e. The van der Waals surface area contributed by atoms with Crippen LogP contribution in [0.5, 0.6) is 0 Å². The van der Waals surface area contributed by atoms with E-state index < -0.39 is 0 Å². The number of amides is 1. The molecule has 0 fully saturated rings. The van der Waals surface area contributed by atoms with Crippen LogP contribution in [0.3, 0.4) is 0 Å². The van der Waals surface area contributed by atoms with Gasteiger partial charge in [0.15, 0.2) is 5.13 Å². The van der Waals surface area contributed by atoms with E-state index in [9.17, 15) is 4.79 Å². The molecule has 100 valence electrons. The van der Waals surface area contributed by atoms with E-state index >= 15 is 0 Å². The van der Waals surface area contributed by atoms with Crippen LogP contribution >= 0.6 is 11.3 Å². The molecular formula is C14H17N3OS. The number of nitrogen functional groups attached to an aromatic ring is 1. The Kier molecular flexibility index (Phi) is 4.16. The minimum absolute atomic E-state index is 0.0101. The fraction of sp³-hybridized carbons (Fsp3) is 0.286. The number of thiazole rings is 1. The van der Waals surface area contributed by atoms with Crippen LogP contribution in [0.4, 0.5) is 5.13 Å². The predicted molar refractivity (Wildman–Crippen MR) is 78.0 cm³/mol. The van der Waals surface area contributed by atoms with Gasteiger partial charge in [0.1, 0.15) is 0 Å². The maximum atomic E-state index is 11.9. The highest BCUT2D eigenvalue weighted by Gasteiger charge is 2.11.